The van der Waals surface area contributed by atoms with Gasteiger partial charge in [0.05, 0.1) is 5.02 Å². The molecule has 0 spiro atoms. The maximum absolute atomic E-state index is 10.00. The fourth-order valence-corrected chi connectivity index (χ4v) is 4.31. The Balaban J connectivity index is 2.00. The lowest BCUT2D eigenvalue weighted by atomic mass is 9.87. The molecule has 24 heavy (non-hydrogen) atoms. The molecule has 0 fully saturated rings. The van der Waals surface area contributed by atoms with Crippen LogP contribution in [0.25, 0.3) is 0 Å². The monoisotopic (exact) mass is 363 g/mol. The fourth-order valence-electron chi connectivity index (χ4n) is 3.17. The molecule has 1 heterocycles. The highest BCUT2D eigenvalue weighted by atomic mass is 35.5. The number of benzene rings is 2. The molecule has 1 aliphatic rings. The molecule has 128 valence electrons. The average molecular weight is 364 g/mol. The molecule has 0 radical (unpaired) electrons. The molecule has 5 heteroatoms. The van der Waals surface area contributed by atoms with E-state index >= 15 is 0 Å². The minimum absolute atomic E-state index is 0.101. The van der Waals surface area contributed by atoms with Crippen molar-refractivity contribution in [3.05, 3.63) is 52.0 Å². The third kappa shape index (κ3) is 3.51. The van der Waals surface area contributed by atoms with Crippen molar-refractivity contribution in [3.63, 3.8) is 0 Å². The van der Waals surface area contributed by atoms with E-state index in [4.69, 9.17) is 11.6 Å². The van der Waals surface area contributed by atoms with Crippen LogP contribution in [0, 0.1) is 0 Å². The molecule has 2 aromatic rings. The van der Waals surface area contributed by atoms with Gasteiger partial charge in [-0.05, 0) is 47.9 Å². The molecule has 2 aromatic carbocycles. The average Bonchev–Trinajstić information content (AvgIpc) is 2.76. The Bertz CT molecular complexity index is 731. The summed E-state index contributed by atoms with van der Waals surface area (Å²) >= 11 is 8.12. The molecule has 0 aromatic heterocycles. The van der Waals surface area contributed by atoms with E-state index in [1.54, 1.807) is 6.07 Å². The summed E-state index contributed by atoms with van der Waals surface area (Å²) in [5.74, 6) is -0.276. The molecule has 1 unspecified atom stereocenters. The summed E-state index contributed by atoms with van der Waals surface area (Å²) in [5.41, 5.74) is 3.09. The molecule has 3 nitrogen and oxygen atoms in total. The van der Waals surface area contributed by atoms with Gasteiger partial charge in [-0.3, -0.25) is 0 Å². The van der Waals surface area contributed by atoms with Crippen LogP contribution in [0.4, 0.5) is 0 Å². The molecule has 0 aliphatic carbocycles. The van der Waals surface area contributed by atoms with Gasteiger partial charge in [0, 0.05) is 22.6 Å². The van der Waals surface area contributed by atoms with Gasteiger partial charge in [-0.15, -0.1) is 11.8 Å². The van der Waals surface area contributed by atoms with E-state index < -0.39 is 0 Å². The zero-order chi connectivity index (χ0) is 17.3. The number of nitrogens with one attached hydrogen (secondary N) is 1. The Morgan fingerprint density at radius 2 is 1.92 bits per heavy atom. The van der Waals surface area contributed by atoms with Crippen molar-refractivity contribution in [1.29, 1.82) is 0 Å². The number of hydrogen-bond donors (Lipinski definition) is 3. The molecular weight excluding hydrogens is 342 g/mol. The topological polar surface area (TPSA) is 52.5 Å². The van der Waals surface area contributed by atoms with Crippen molar-refractivity contribution < 1.29 is 10.2 Å². The Labute approximate surface area is 152 Å². The van der Waals surface area contributed by atoms with Crippen molar-refractivity contribution in [1.82, 2.24) is 5.32 Å². The van der Waals surface area contributed by atoms with Gasteiger partial charge in [0.1, 0.15) is 0 Å². The van der Waals surface area contributed by atoms with Gasteiger partial charge in [0.25, 0.3) is 0 Å². The van der Waals surface area contributed by atoms with Crippen LogP contribution in [-0.2, 0) is 6.42 Å². The minimum atomic E-state index is -0.222. The summed E-state index contributed by atoms with van der Waals surface area (Å²) in [6.45, 7) is 5.95. The van der Waals surface area contributed by atoms with Gasteiger partial charge in [-0.25, -0.2) is 0 Å². The van der Waals surface area contributed by atoms with Gasteiger partial charge < -0.3 is 15.5 Å². The standard InChI is InChI=1S/C19H22ClNO2S/c1-11(2)24-13-5-3-12(4-6-13)16-10-21-8-7-14-15(16)9-17(22)19(23)18(14)20/h3-6,9,11,16,21-23H,7-8,10H2,1-2H3. The molecule has 1 atom stereocenters. The second kappa shape index (κ2) is 7.26. The first-order valence-corrected chi connectivity index (χ1v) is 9.43. The number of rotatable bonds is 3. The molecule has 0 amide bonds. The van der Waals surface area contributed by atoms with E-state index in [0.717, 1.165) is 30.6 Å². The highest BCUT2D eigenvalue weighted by Crippen LogP contribution is 2.42. The van der Waals surface area contributed by atoms with Crippen molar-refractivity contribution in [2.24, 2.45) is 0 Å². The van der Waals surface area contributed by atoms with Crippen molar-refractivity contribution in [3.8, 4) is 11.5 Å². The lowest BCUT2D eigenvalue weighted by Crippen LogP contribution is -2.20. The van der Waals surface area contributed by atoms with Gasteiger partial charge in [0.15, 0.2) is 11.5 Å². The van der Waals surface area contributed by atoms with E-state index in [1.807, 2.05) is 11.8 Å². The largest absolute Gasteiger partial charge is 0.504 e. The molecule has 1 aliphatic heterocycles. The van der Waals surface area contributed by atoms with Crippen molar-refractivity contribution in [2.75, 3.05) is 13.1 Å². The van der Waals surface area contributed by atoms with E-state index in [-0.39, 0.29) is 22.4 Å². The summed E-state index contributed by atoms with van der Waals surface area (Å²) < 4.78 is 0. The van der Waals surface area contributed by atoms with Gasteiger partial charge >= 0.3 is 0 Å². The van der Waals surface area contributed by atoms with E-state index in [9.17, 15) is 10.2 Å². The first-order chi connectivity index (χ1) is 11.5. The fraction of sp³-hybridized carbons (Fsp3) is 0.368. The highest BCUT2D eigenvalue weighted by Gasteiger charge is 2.25. The number of aromatic hydroxyl groups is 2. The number of phenolic OH excluding ortho intramolecular Hbond substituents is 2. The number of thioether (sulfide) groups is 1. The number of halogens is 1. The number of fused-ring (bicyclic) bond motifs is 1. The molecule has 3 N–H and O–H groups in total. The van der Waals surface area contributed by atoms with Crippen LogP contribution < -0.4 is 5.32 Å². The van der Waals surface area contributed by atoms with Crippen LogP contribution in [0.2, 0.25) is 5.02 Å². The van der Waals surface area contributed by atoms with Gasteiger partial charge in [0.2, 0.25) is 0 Å². The van der Waals surface area contributed by atoms with E-state index in [1.165, 1.54) is 10.5 Å². The molecule has 3 rings (SSSR count). The summed E-state index contributed by atoms with van der Waals surface area (Å²) in [4.78, 5) is 1.25. The summed E-state index contributed by atoms with van der Waals surface area (Å²) in [6, 6.07) is 10.2. The van der Waals surface area contributed by atoms with Crippen LogP contribution in [0.1, 0.15) is 36.5 Å². The van der Waals surface area contributed by atoms with Crippen molar-refractivity contribution in [2.45, 2.75) is 36.3 Å². The first-order valence-electron chi connectivity index (χ1n) is 8.18. The maximum atomic E-state index is 10.00. The Hall–Kier alpha value is -1.36. The smallest absolute Gasteiger partial charge is 0.176 e. The Morgan fingerprint density at radius 1 is 1.21 bits per heavy atom. The summed E-state index contributed by atoms with van der Waals surface area (Å²) in [6.07, 6.45) is 0.736. The van der Waals surface area contributed by atoms with Crippen molar-refractivity contribution >= 4 is 23.4 Å². The second-order valence-electron chi connectivity index (χ2n) is 6.37. The lowest BCUT2D eigenvalue weighted by Gasteiger charge is -2.20. The summed E-state index contributed by atoms with van der Waals surface area (Å²) in [5, 5.41) is 24.2. The Morgan fingerprint density at radius 3 is 2.58 bits per heavy atom. The predicted octanol–water partition coefficient (Wildman–Crippen LogP) is 4.53. The van der Waals surface area contributed by atoms with Crippen LogP contribution in [-0.4, -0.2) is 28.6 Å². The predicted molar refractivity (Wildman–Crippen MR) is 101 cm³/mol. The van der Waals surface area contributed by atoms with Crippen LogP contribution in [0.5, 0.6) is 11.5 Å². The van der Waals surface area contributed by atoms with E-state index in [2.05, 4.69) is 43.4 Å². The van der Waals surface area contributed by atoms with Crippen LogP contribution in [0.15, 0.2) is 35.2 Å². The minimum Gasteiger partial charge on any atom is -0.504 e. The molecule has 0 saturated carbocycles. The van der Waals surface area contributed by atoms with Crippen LogP contribution in [0.3, 0.4) is 0 Å². The third-order valence-electron chi connectivity index (χ3n) is 4.29. The first kappa shape index (κ1) is 17.5. The molecule has 0 saturated heterocycles. The quantitative estimate of drug-likeness (QED) is 0.554. The second-order valence-corrected chi connectivity index (χ2v) is 8.40. The highest BCUT2D eigenvalue weighted by molar-refractivity contribution is 7.99. The van der Waals surface area contributed by atoms with Gasteiger partial charge in [-0.2, -0.15) is 0 Å². The Kier molecular flexibility index (Phi) is 5.28. The number of phenols is 2. The van der Waals surface area contributed by atoms with Crippen LogP contribution >= 0.6 is 23.4 Å². The number of hydrogen-bond acceptors (Lipinski definition) is 4. The zero-order valence-electron chi connectivity index (χ0n) is 13.8. The van der Waals surface area contributed by atoms with E-state index in [0.29, 0.717) is 5.25 Å². The van der Waals surface area contributed by atoms with Gasteiger partial charge in [-0.1, -0.05) is 37.6 Å². The molecule has 0 bridgehead atoms. The lowest BCUT2D eigenvalue weighted by molar-refractivity contribution is 0.402. The summed E-state index contributed by atoms with van der Waals surface area (Å²) in [7, 11) is 0. The maximum Gasteiger partial charge on any atom is 0.176 e. The zero-order valence-corrected chi connectivity index (χ0v) is 15.4. The SMILES string of the molecule is CC(C)Sc1ccc(C2CNCCc3c2cc(O)c(O)c3Cl)cc1. The normalized spacial score (nSPS) is 17.6. The third-order valence-corrected chi connectivity index (χ3v) is 5.71. The molecular formula is C19H22ClNO2S.